The van der Waals surface area contributed by atoms with Crippen molar-refractivity contribution in [2.75, 3.05) is 7.05 Å². The van der Waals surface area contributed by atoms with Crippen LogP contribution >= 0.6 is 12.4 Å². The van der Waals surface area contributed by atoms with Crippen LogP contribution in [-0.4, -0.2) is 45.8 Å². The van der Waals surface area contributed by atoms with E-state index in [4.69, 9.17) is 0 Å². The van der Waals surface area contributed by atoms with Gasteiger partial charge in [0.15, 0.2) is 5.69 Å². The van der Waals surface area contributed by atoms with Crippen LogP contribution in [0.3, 0.4) is 0 Å². The normalized spacial score (nSPS) is 24.6. The number of hydrogen-bond donors (Lipinski definition) is 1. The van der Waals surface area contributed by atoms with E-state index in [-0.39, 0.29) is 29.5 Å². The summed E-state index contributed by atoms with van der Waals surface area (Å²) in [5, 5.41) is 7.11. The molecule has 3 heterocycles. The lowest BCUT2D eigenvalue weighted by molar-refractivity contribution is 0.0874. The molecule has 1 aromatic carbocycles. The Hall–Kier alpha value is -1.99. The van der Waals surface area contributed by atoms with Crippen molar-refractivity contribution in [3.8, 4) is 0 Å². The molecule has 4 rings (SSSR count). The smallest absolute Gasteiger partial charge is 0.276 e. The van der Waals surface area contributed by atoms with Crippen LogP contribution in [0.25, 0.3) is 10.9 Å². The molecule has 8 heteroatoms. The first kappa shape index (κ1) is 19.8. The maximum Gasteiger partial charge on any atom is 0.276 e. The number of aryl methyl sites for hydroxylation is 1. The molecule has 2 aliphatic rings. The van der Waals surface area contributed by atoms with Crippen LogP contribution in [0.5, 0.6) is 0 Å². The van der Waals surface area contributed by atoms with E-state index in [2.05, 4.69) is 22.4 Å². The number of benzene rings is 1. The number of carbonyl (C=O) groups is 1. The van der Waals surface area contributed by atoms with Gasteiger partial charge in [0.1, 0.15) is 5.82 Å². The molecule has 2 aliphatic heterocycles. The number of amides is 1. The number of piperidine rings is 1. The third-order valence-electron chi connectivity index (χ3n) is 5.88. The zero-order valence-corrected chi connectivity index (χ0v) is 16.3. The first-order chi connectivity index (χ1) is 12.5. The predicted molar refractivity (Wildman–Crippen MR) is 104 cm³/mol. The van der Waals surface area contributed by atoms with Gasteiger partial charge in [-0.05, 0) is 51.8 Å². The molecule has 2 aromatic rings. The highest BCUT2D eigenvalue weighted by molar-refractivity contribution is 5.95. The van der Waals surface area contributed by atoms with Crippen molar-refractivity contribution in [1.29, 1.82) is 0 Å². The molecule has 2 fully saturated rings. The highest BCUT2D eigenvalue weighted by atomic mass is 35.5. The first-order valence-corrected chi connectivity index (χ1v) is 9.21. The Kier molecular flexibility index (Phi) is 5.53. The lowest BCUT2D eigenvalue weighted by Crippen LogP contribution is -2.49. The summed E-state index contributed by atoms with van der Waals surface area (Å²) in [6.45, 7) is 2.29. The van der Waals surface area contributed by atoms with Gasteiger partial charge < -0.3 is 10.2 Å². The number of fused-ring (bicyclic) bond motifs is 3. The van der Waals surface area contributed by atoms with Gasteiger partial charge in [-0.3, -0.25) is 14.3 Å². The molecule has 1 amide bonds. The molecule has 3 atom stereocenters. The molecule has 0 unspecified atom stereocenters. The standard InChI is InChI=1S/C19H23FN4O2.ClH/c1-3-24-15-6-4-5-14(20)16(15)18(25)17(22-24)19(26)21-11-9-12-7-8-13(10-11)23(12)2;/h4-6,11-13H,3,7-10H2,1-2H3,(H,21,26);1H/t11-,12+,13-;. The number of nitrogens with zero attached hydrogens (tertiary/aromatic N) is 3. The minimum atomic E-state index is -0.642. The van der Waals surface area contributed by atoms with Crippen LogP contribution in [0.1, 0.15) is 43.1 Å². The highest BCUT2D eigenvalue weighted by Crippen LogP contribution is 2.34. The Labute approximate surface area is 163 Å². The second-order valence-corrected chi connectivity index (χ2v) is 7.32. The SMILES string of the molecule is CCn1nc(C(=O)N[C@H]2C[C@H]3CC[C@@H](C2)N3C)c(=O)c2c(F)cccc21.Cl. The molecule has 0 aliphatic carbocycles. The van der Waals surface area contributed by atoms with Crippen LogP contribution in [-0.2, 0) is 6.54 Å². The molecule has 0 saturated carbocycles. The molecule has 27 heavy (non-hydrogen) atoms. The number of nitrogens with one attached hydrogen (secondary N) is 1. The molecule has 2 saturated heterocycles. The molecule has 146 valence electrons. The van der Waals surface area contributed by atoms with Gasteiger partial charge in [0, 0.05) is 24.7 Å². The fourth-order valence-corrected chi connectivity index (χ4v) is 4.46. The Balaban J connectivity index is 0.00000210. The van der Waals surface area contributed by atoms with Gasteiger partial charge in [0.2, 0.25) is 5.43 Å². The van der Waals surface area contributed by atoms with E-state index in [1.165, 1.54) is 10.7 Å². The van der Waals surface area contributed by atoms with Gasteiger partial charge in [-0.15, -0.1) is 12.4 Å². The molecule has 6 nitrogen and oxygen atoms in total. The van der Waals surface area contributed by atoms with Crippen molar-refractivity contribution >= 4 is 29.2 Å². The molecule has 0 radical (unpaired) electrons. The summed E-state index contributed by atoms with van der Waals surface area (Å²) in [4.78, 5) is 27.8. The van der Waals surface area contributed by atoms with Gasteiger partial charge in [-0.1, -0.05) is 6.07 Å². The van der Waals surface area contributed by atoms with Gasteiger partial charge in [-0.2, -0.15) is 5.10 Å². The van der Waals surface area contributed by atoms with Crippen LogP contribution in [0.2, 0.25) is 0 Å². The monoisotopic (exact) mass is 394 g/mol. The second-order valence-electron chi connectivity index (χ2n) is 7.32. The number of rotatable bonds is 3. The average Bonchev–Trinajstić information content (AvgIpc) is 2.83. The molecular weight excluding hydrogens is 371 g/mol. The quantitative estimate of drug-likeness (QED) is 0.867. The summed E-state index contributed by atoms with van der Waals surface area (Å²) in [6.07, 6.45) is 4.05. The summed E-state index contributed by atoms with van der Waals surface area (Å²) in [5.74, 6) is -1.13. The number of aromatic nitrogens is 2. The van der Waals surface area contributed by atoms with E-state index in [0.717, 1.165) is 25.7 Å². The van der Waals surface area contributed by atoms with E-state index in [1.54, 1.807) is 12.1 Å². The van der Waals surface area contributed by atoms with Crippen molar-refractivity contribution in [3.05, 3.63) is 39.9 Å². The average molecular weight is 395 g/mol. The van der Waals surface area contributed by atoms with Crippen LogP contribution < -0.4 is 10.7 Å². The number of hydrogen-bond acceptors (Lipinski definition) is 4. The maximum atomic E-state index is 14.2. The Morgan fingerprint density at radius 3 is 2.59 bits per heavy atom. The van der Waals surface area contributed by atoms with E-state index in [0.29, 0.717) is 24.1 Å². The lowest BCUT2D eigenvalue weighted by atomic mass is 9.98. The Morgan fingerprint density at radius 1 is 1.30 bits per heavy atom. The minimum absolute atomic E-state index is 0. The number of carbonyl (C=O) groups excluding carboxylic acids is 1. The topological polar surface area (TPSA) is 67.2 Å². The van der Waals surface area contributed by atoms with E-state index in [9.17, 15) is 14.0 Å². The lowest BCUT2D eigenvalue weighted by Gasteiger charge is -2.36. The zero-order chi connectivity index (χ0) is 18.4. The fraction of sp³-hybridized carbons (Fsp3) is 0.526. The summed E-state index contributed by atoms with van der Waals surface area (Å²) in [7, 11) is 2.13. The third kappa shape index (κ3) is 3.34. The molecular formula is C19H24ClFN4O2. The van der Waals surface area contributed by atoms with Crippen LogP contribution in [0.15, 0.2) is 23.0 Å². The second kappa shape index (κ2) is 7.56. The summed E-state index contributed by atoms with van der Waals surface area (Å²) in [5.41, 5.74) is -0.460. The Morgan fingerprint density at radius 2 is 1.96 bits per heavy atom. The van der Waals surface area contributed by atoms with Crippen LogP contribution in [0.4, 0.5) is 4.39 Å². The molecule has 1 N–H and O–H groups in total. The van der Waals surface area contributed by atoms with Gasteiger partial charge >= 0.3 is 0 Å². The van der Waals surface area contributed by atoms with Gasteiger partial charge in [-0.25, -0.2) is 4.39 Å². The third-order valence-corrected chi connectivity index (χ3v) is 5.88. The van der Waals surface area contributed by atoms with E-state index in [1.807, 2.05) is 6.92 Å². The molecule has 1 aromatic heterocycles. The highest BCUT2D eigenvalue weighted by Gasteiger charge is 2.39. The van der Waals surface area contributed by atoms with E-state index >= 15 is 0 Å². The summed E-state index contributed by atoms with van der Waals surface area (Å²) < 4.78 is 15.7. The summed E-state index contributed by atoms with van der Waals surface area (Å²) in [6, 6.07) is 5.41. The molecule has 0 spiro atoms. The van der Waals surface area contributed by atoms with Crippen molar-refractivity contribution in [1.82, 2.24) is 20.0 Å². The summed E-state index contributed by atoms with van der Waals surface area (Å²) >= 11 is 0. The first-order valence-electron chi connectivity index (χ1n) is 9.21. The van der Waals surface area contributed by atoms with Crippen molar-refractivity contribution < 1.29 is 9.18 Å². The Bertz CT molecular complexity index is 918. The van der Waals surface area contributed by atoms with Crippen molar-refractivity contribution in [3.63, 3.8) is 0 Å². The zero-order valence-electron chi connectivity index (χ0n) is 15.4. The van der Waals surface area contributed by atoms with E-state index < -0.39 is 17.2 Å². The van der Waals surface area contributed by atoms with Gasteiger partial charge in [0.25, 0.3) is 5.91 Å². The van der Waals surface area contributed by atoms with Gasteiger partial charge in [0.05, 0.1) is 10.9 Å². The largest absolute Gasteiger partial charge is 0.348 e. The predicted octanol–water partition coefficient (Wildman–Crippen LogP) is 2.33. The van der Waals surface area contributed by atoms with Crippen molar-refractivity contribution in [2.24, 2.45) is 0 Å². The van der Waals surface area contributed by atoms with Crippen molar-refractivity contribution in [2.45, 2.75) is 57.3 Å². The van der Waals surface area contributed by atoms with Crippen LogP contribution in [0, 0.1) is 5.82 Å². The minimum Gasteiger partial charge on any atom is -0.348 e. The number of halogens is 2. The maximum absolute atomic E-state index is 14.2. The molecule has 2 bridgehead atoms. The fourth-order valence-electron chi connectivity index (χ4n) is 4.46.